The summed E-state index contributed by atoms with van der Waals surface area (Å²) in [5, 5.41) is 12.1. The number of anilines is 1. The van der Waals surface area contributed by atoms with Gasteiger partial charge in [-0.05, 0) is 42.8 Å². The van der Waals surface area contributed by atoms with Gasteiger partial charge in [0.15, 0.2) is 0 Å². The SMILES string of the molecule is Cc1ccc(C#N)c(NCc2cc(Br)ccc2F)c1. The highest BCUT2D eigenvalue weighted by molar-refractivity contribution is 9.10. The molecule has 0 saturated carbocycles. The topological polar surface area (TPSA) is 35.8 Å². The lowest BCUT2D eigenvalue weighted by molar-refractivity contribution is 0.612. The Hall–Kier alpha value is -1.86. The molecule has 0 spiro atoms. The van der Waals surface area contributed by atoms with E-state index in [0.717, 1.165) is 15.7 Å². The van der Waals surface area contributed by atoms with Gasteiger partial charge in [-0.1, -0.05) is 22.0 Å². The van der Waals surface area contributed by atoms with Gasteiger partial charge in [-0.2, -0.15) is 5.26 Å². The molecule has 96 valence electrons. The molecule has 0 aliphatic rings. The van der Waals surface area contributed by atoms with E-state index in [0.29, 0.717) is 17.7 Å². The number of hydrogen-bond donors (Lipinski definition) is 1. The zero-order chi connectivity index (χ0) is 13.8. The zero-order valence-corrected chi connectivity index (χ0v) is 12.0. The normalized spacial score (nSPS) is 10.0. The molecule has 2 aromatic rings. The van der Waals surface area contributed by atoms with Crippen molar-refractivity contribution in [2.45, 2.75) is 13.5 Å². The van der Waals surface area contributed by atoms with Gasteiger partial charge in [0.05, 0.1) is 11.3 Å². The van der Waals surface area contributed by atoms with Crippen LogP contribution in [-0.4, -0.2) is 0 Å². The van der Waals surface area contributed by atoms with E-state index < -0.39 is 0 Å². The molecule has 0 aliphatic carbocycles. The summed E-state index contributed by atoms with van der Waals surface area (Å²) in [6.07, 6.45) is 0. The predicted molar refractivity (Wildman–Crippen MR) is 77.3 cm³/mol. The van der Waals surface area contributed by atoms with Crippen LogP contribution < -0.4 is 5.32 Å². The largest absolute Gasteiger partial charge is 0.380 e. The van der Waals surface area contributed by atoms with Crippen molar-refractivity contribution in [3.8, 4) is 6.07 Å². The summed E-state index contributed by atoms with van der Waals surface area (Å²) in [5.41, 5.74) is 2.89. The van der Waals surface area contributed by atoms with Crippen LogP contribution in [0.4, 0.5) is 10.1 Å². The molecule has 0 atom stereocenters. The van der Waals surface area contributed by atoms with Gasteiger partial charge in [-0.25, -0.2) is 4.39 Å². The first-order valence-corrected chi connectivity index (χ1v) is 6.58. The Kier molecular flexibility index (Phi) is 4.18. The quantitative estimate of drug-likeness (QED) is 0.911. The van der Waals surface area contributed by atoms with E-state index >= 15 is 0 Å². The van der Waals surface area contributed by atoms with Gasteiger partial charge >= 0.3 is 0 Å². The standard InChI is InChI=1S/C15H12BrFN2/c1-10-2-3-11(8-18)15(6-10)19-9-12-7-13(16)4-5-14(12)17/h2-7,19H,9H2,1H3. The molecule has 0 bridgehead atoms. The molecular formula is C15H12BrFN2. The molecule has 0 unspecified atom stereocenters. The highest BCUT2D eigenvalue weighted by Crippen LogP contribution is 2.20. The second-order valence-corrected chi connectivity index (χ2v) is 5.17. The van der Waals surface area contributed by atoms with Crippen LogP contribution in [-0.2, 0) is 6.54 Å². The van der Waals surface area contributed by atoms with Crippen molar-refractivity contribution < 1.29 is 4.39 Å². The Labute approximate surface area is 120 Å². The van der Waals surface area contributed by atoms with E-state index in [1.54, 1.807) is 18.2 Å². The lowest BCUT2D eigenvalue weighted by Gasteiger charge is -2.10. The number of aryl methyl sites for hydroxylation is 1. The van der Waals surface area contributed by atoms with Gasteiger partial charge in [0, 0.05) is 16.6 Å². The van der Waals surface area contributed by atoms with Gasteiger partial charge in [0.2, 0.25) is 0 Å². The highest BCUT2D eigenvalue weighted by Gasteiger charge is 2.05. The lowest BCUT2D eigenvalue weighted by atomic mass is 10.1. The third kappa shape index (κ3) is 3.33. The first-order chi connectivity index (χ1) is 9.10. The van der Waals surface area contributed by atoms with Crippen LogP contribution in [0.5, 0.6) is 0 Å². The van der Waals surface area contributed by atoms with Crippen LogP contribution in [0.2, 0.25) is 0 Å². The molecule has 0 radical (unpaired) electrons. The maximum Gasteiger partial charge on any atom is 0.128 e. The Morgan fingerprint density at radius 2 is 2.05 bits per heavy atom. The molecule has 0 aliphatic heterocycles. The third-order valence-corrected chi connectivity index (χ3v) is 3.27. The van der Waals surface area contributed by atoms with E-state index in [9.17, 15) is 4.39 Å². The number of nitrogens with one attached hydrogen (secondary N) is 1. The Morgan fingerprint density at radius 3 is 2.79 bits per heavy atom. The number of rotatable bonds is 3. The summed E-state index contributed by atoms with van der Waals surface area (Å²) in [6.45, 7) is 2.29. The molecule has 2 nitrogen and oxygen atoms in total. The molecule has 2 rings (SSSR count). The van der Waals surface area contributed by atoms with Crippen LogP contribution in [0.1, 0.15) is 16.7 Å². The second-order valence-electron chi connectivity index (χ2n) is 4.25. The minimum atomic E-state index is -0.262. The van der Waals surface area contributed by atoms with Crippen molar-refractivity contribution in [1.29, 1.82) is 5.26 Å². The van der Waals surface area contributed by atoms with Crippen LogP contribution in [0, 0.1) is 24.1 Å². The summed E-state index contributed by atoms with van der Waals surface area (Å²) >= 11 is 3.32. The molecule has 0 fully saturated rings. The monoisotopic (exact) mass is 318 g/mol. The molecule has 1 N–H and O–H groups in total. The molecule has 0 amide bonds. The van der Waals surface area contributed by atoms with Crippen molar-refractivity contribution in [1.82, 2.24) is 0 Å². The van der Waals surface area contributed by atoms with E-state index in [-0.39, 0.29) is 5.82 Å². The van der Waals surface area contributed by atoms with Gasteiger partial charge in [-0.3, -0.25) is 0 Å². The summed E-state index contributed by atoms with van der Waals surface area (Å²) in [4.78, 5) is 0. The molecular weight excluding hydrogens is 307 g/mol. The van der Waals surface area contributed by atoms with Gasteiger partial charge in [0.1, 0.15) is 11.9 Å². The summed E-state index contributed by atoms with van der Waals surface area (Å²) in [5.74, 6) is -0.262. The minimum absolute atomic E-state index is 0.262. The molecule has 0 aromatic heterocycles. The predicted octanol–water partition coefficient (Wildman–Crippen LogP) is 4.38. The van der Waals surface area contributed by atoms with Crippen molar-refractivity contribution in [3.05, 3.63) is 63.4 Å². The first kappa shape index (κ1) is 13.6. The fourth-order valence-corrected chi connectivity index (χ4v) is 2.18. The number of halogens is 2. The highest BCUT2D eigenvalue weighted by atomic mass is 79.9. The zero-order valence-electron chi connectivity index (χ0n) is 10.4. The van der Waals surface area contributed by atoms with Crippen molar-refractivity contribution in [2.75, 3.05) is 5.32 Å². The molecule has 0 saturated heterocycles. The maximum atomic E-state index is 13.6. The van der Waals surface area contributed by atoms with Gasteiger partial charge < -0.3 is 5.32 Å². The summed E-state index contributed by atoms with van der Waals surface area (Å²) in [7, 11) is 0. The molecule has 2 aromatic carbocycles. The van der Waals surface area contributed by atoms with E-state index in [1.165, 1.54) is 6.07 Å². The number of nitrogens with zero attached hydrogens (tertiary/aromatic N) is 1. The molecule has 19 heavy (non-hydrogen) atoms. The number of benzene rings is 2. The Bertz CT molecular complexity index is 647. The summed E-state index contributed by atoms with van der Waals surface area (Å²) < 4.78 is 14.4. The van der Waals surface area contributed by atoms with Crippen LogP contribution in [0.3, 0.4) is 0 Å². The summed E-state index contributed by atoms with van der Waals surface area (Å²) in [6, 6.07) is 12.4. The Morgan fingerprint density at radius 1 is 1.26 bits per heavy atom. The number of nitriles is 1. The van der Waals surface area contributed by atoms with Crippen molar-refractivity contribution in [2.24, 2.45) is 0 Å². The average molecular weight is 319 g/mol. The van der Waals surface area contributed by atoms with E-state index in [2.05, 4.69) is 27.3 Å². The van der Waals surface area contributed by atoms with E-state index in [1.807, 2.05) is 19.1 Å². The van der Waals surface area contributed by atoms with Crippen LogP contribution >= 0.6 is 15.9 Å². The van der Waals surface area contributed by atoms with Crippen LogP contribution in [0.25, 0.3) is 0 Å². The third-order valence-electron chi connectivity index (χ3n) is 2.77. The smallest absolute Gasteiger partial charge is 0.128 e. The van der Waals surface area contributed by atoms with Gasteiger partial charge in [0.25, 0.3) is 0 Å². The van der Waals surface area contributed by atoms with Crippen LogP contribution in [0.15, 0.2) is 40.9 Å². The maximum absolute atomic E-state index is 13.6. The molecule has 4 heteroatoms. The average Bonchev–Trinajstić information content (AvgIpc) is 2.40. The Balaban J connectivity index is 2.21. The fourth-order valence-electron chi connectivity index (χ4n) is 1.77. The first-order valence-electron chi connectivity index (χ1n) is 5.78. The minimum Gasteiger partial charge on any atom is -0.380 e. The molecule has 0 heterocycles. The van der Waals surface area contributed by atoms with E-state index in [4.69, 9.17) is 5.26 Å². The van der Waals surface area contributed by atoms with Crippen molar-refractivity contribution >= 4 is 21.6 Å². The number of hydrogen-bond acceptors (Lipinski definition) is 2. The lowest BCUT2D eigenvalue weighted by Crippen LogP contribution is -2.03. The second kappa shape index (κ2) is 5.85. The van der Waals surface area contributed by atoms with Gasteiger partial charge in [-0.15, -0.1) is 0 Å². The fraction of sp³-hybridized carbons (Fsp3) is 0.133. The van der Waals surface area contributed by atoms with Crippen molar-refractivity contribution in [3.63, 3.8) is 0 Å².